The number of rotatable bonds is 8. The number of carbonyl (C=O) groups excluding carboxylic acids is 1. The summed E-state index contributed by atoms with van der Waals surface area (Å²) in [4.78, 5) is 12.4. The van der Waals surface area contributed by atoms with Crippen molar-refractivity contribution in [2.45, 2.75) is 20.0 Å². The molecule has 32 heavy (non-hydrogen) atoms. The van der Waals surface area contributed by atoms with Crippen molar-refractivity contribution in [2.75, 3.05) is 11.9 Å². The maximum atomic E-state index is 12.4. The summed E-state index contributed by atoms with van der Waals surface area (Å²) in [7, 11) is 0. The van der Waals surface area contributed by atoms with Gasteiger partial charge in [-0.2, -0.15) is 0 Å². The Balaban J connectivity index is 1.47. The highest BCUT2D eigenvalue weighted by molar-refractivity contribution is 6.31. The number of anilines is 1. The van der Waals surface area contributed by atoms with Crippen LogP contribution >= 0.6 is 11.6 Å². The number of hydrogen-bond acceptors (Lipinski definition) is 3. The topological polar surface area (TPSA) is 50.4 Å². The maximum Gasteiger partial charge on any atom is 0.262 e. The average molecular weight is 445 g/mol. The van der Waals surface area contributed by atoms with Crippen LogP contribution in [0.4, 0.5) is 5.69 Å². The molecule has 0 atom stereocenters. The van der Waals surface area contributed by atoms with E-state index in [2.05, 4.69) is 22.8 Å². The summed E-state index contributed by atoms with van der Waals surface area (Å²) in [5, 5.41) is 9.29. The number of aryl methyl sites for hydroxylation is 1. The van der Waals surface area contributed by atoms with E-state index in [0.29, 0.717) is 18.8 Å². The lowest BCUT2D eigenvalue weighted by Crippen LogP contribution is -2.21. The lowest BCUT2D eigenvalue weighted by atomic mass is 10.0. The van der Waals surface area contributed by atoms with Crippen molar-refractivity contribution in [3.63, 3.8) is 0 Å². The van der Waals surface area contributed by atoms with E-state index in [1.165, 1.54) is 0 Å². The third kappa shape index (κ3) is 5.47. The SMILES string of the molecule is Cc1ccc(NC(=O)COc2ccc3ccccc3c2CNCc2ccccc2Cl)cc1. The van der Waals surface area contributed by atoms with E-state index in [9.17, 15) is 4.79 Å². The molecule has 0 saturated heterocycles. The molecule has 4 rings (SSSR count). The van der Waals surface area contributed by atoms with Crippen LogP contribution in [0.2, 0.25) is 5.02 Å². The molecule has 4 aromatic rings. The number of hydrogen-bond donors (Lipinski definition) is 2. The smallest absolute Gasteiger partial charge is 0.262 e. The van der Waals surface area contributed by atoms with Gasteiger partial charge in [-0.05, 0) is 47.5 Å². The summed E-state index contributed by atoms with van der Waals surface area (Å²) in [5.74, 6) is 0.492. The lowest BCUT2D eigenvalue weighted by Gasteiger charge is -2.15. The second-order valence-electron chi connectivity index (χ2n) is 7.66. The van der Waals surface area contributed by atoms with Crippen LogP contribution in [-0.4, -0.2) is 12.5 Å². The first-order valence-electron chi connectivity index (χ1n) is 10.5. The first-order valence-corrected chi connectivity index (χ1v) is 10.9. The van der Waals surface area contributed by atoms with Crippen molar-refractivity contribution >= 4 is 34.0 Å². The van der Waals surface area contributed by atoms with Crippen molar-refractivity contribution in [3.05, 3.63) is 107 Å². The van der Waals surface area contributed by atoms with E-state index in [0.717, 1.165) is 38.2 Å². The van der Waals surface area contributed by atoms with Crippen LogP contribution < -0.4 is 15.4 Å². The molecule has 0 bridgehead atoms. The molecule has 0 aromatic heterocycles. The van der Waals surface area contributed by atoms with Crippen LogP contribution in [0.1, 0.15) is 16.7 Å². The fourth-order valence-corrected chi connectivity index (χ4v) is 3.78. The number of ether oxygens (including phenoxy) is 1. The molecule has 0 heterocycles. The fourth-order valence-electron chi connectivity index (χ4n) is 3.57. The number of benzene rings is 4. The standard InChI is InChI=1S/C27H25ClN2O2/c1-19-10-13-22(14-11-19)30-27(31)18-32-26-15-12-20-6-2-4-8-23(20)24(26)17-29-16-21-7-3-5-9-25(21)28/h2-15,29H,16-18H2,1H3,(H,30,31). The normalized spacial score (nSPS) is 10.8. The molecule has 0 aliphatic rings. The summed E-state index contributed by atoms with van der Waals surface area (Å²) in [6.45, 7) is 3.16. The Labute approximate surface area is 193 Å². The van der Waals surface area contributed by atoms with Gasteiger partial charge in [0.1, 0.15) is 5.75 Å². The Kier molecular flexibility index (Phi) is 7.05. The van der Waals surface area contributed by atoms with Crippen LogP contribution in [0.15, 0.2) is 84.9 Å². The average Bonchev–Trinajstić information content (AvgIpc) is 2.81. The molecule has 4 nitrogen and oxygen atoms in total. The minimum atomic E-state index is -0.197. The highest BCUT2D eigenvalue weighted by Crippen LogP contribution is 2.28. The molecule has 0 fully saturated rings. The Morgan fingerprint density at radius 2 is 1.62 bits per heavy atom. The van der Waals surface area contributed by atoms with E-state index in [4.69, 9.17) is 16.3 Å². The first kappa shape index (κ1) is 21.9. The van der Waals surface area contributed by atoms with Gasteiger partial charge in [0.05, 0.1) is 0 Å². The largest absolute Gasteiger partial charge is 0.483 e. The quantitative estimate of drug-likeness (QED) is 0.344. The van der Waals surface area contributed by atoms with Crippen LogP contribution in [0.25, 0.3) is 10.8 Å². The molecular weight excluding hydrogens is 420 g/mol. The van der Waals surface area contributed by atoms with Crippen molar-refractivity contribution in [2.24, 2.45) is 0 Å². The van der Waals surface area contributed by atoms with Gasteiger partial charge in [-0.25, -0.2) is 0 Å². The predicted octanol–water partition coefficient (Wildman–Crippen LogP) is 6.11. The van der Waals surface area contributed by atoms with Gasteiger partial charge in [-0.3, -0.25) is 4.79 Å². The third-order valence-electron chi connectivity index (χ3n) is 5.27. The van der Waals surface area contributed by atoms with Gasteiger partial charge in [0, 0.05) is 29.4 Å². The van der Waals surface area contributed by atoms with Gasteiger partial charge in [0.25, 0.3) is 5.91 Å². The van der Waals surface area contributed by atoms with E-state index in [1.807, 2.05) is 79.7 Å². The molecule has 0 aliphatic carbocycles. The van der Waals surface area contributed by atoms with Gasteiger partial charge in [0.15, 0.2) is 6.61 Å². The van der Waals surface area contributed by atoms with Gasteiger partial charge in [0.2, 0.25) is 0 Å². The van der Waals surface area contributed by atoms with E-state index >= 15 is 0 Å². The van der Waals surface area contributed by atoms with E-state index in [1.54, 1.807) is 0 Å². The van der Waals surface area contributed by atoms with Crippen LogP contribution in [0.5, 0.6) is 5.75 Å². The van der Waals surface area contributed by atoms with Gasteiger partial charge < -0.3 is 15.4 Å². The monoisotopic (exact) mass is 444 g/mol. The third-order valence-corrected chi connectivity index (χ3v) is 5.64. The Hall–Kier alpha value is -3.34. The molecule has 0 spiro atoms. The van der Waals surface area contributed by atoms with Crippen molar-refractivity contribution in [3.8, 4) is 5.75 Å². The second-order valence-corrected chi connectivity index (χ2v) is 8.07. The molecule has 0 aliphatic heterocycles. The number of halogens is 1. The number of fused-ring (bicyclic) bond motifs is 1. The summed E-state index contributed by atoms with van der Waals surface area (Å²) in [5.41, 5.74) is 3.95. The first-order chi connectivity index (χ1) is 15.6. The molecule has 1 amide bonds. The van der Waals surface area contributed by atoms with Crippen molar-refractivity contribution < 1.29 is 9.53 Å². The molecule has 162 valence electrons. The summed E-state index contributed by atoms with van der Waals surface area (Å²) >= 11 is 6.28. The molecular formula is C27H25ClN2O2. The number of amides is 1. The number of carbonyl (C=O) groups is 1. The van der Waals surface area contributed by atoms with Gasteiger partial charge >= 0.3 is 0 Å². The van der Waals surface area contributed by atoms with Crippen LogP contribution in [0.3, 0.4) is 0 Å². The Morgan fingerprint density at radius 1 is 0.875 bits per heavy atom. The van der Waals surface area contributed by atoms with E-state index in [-0.39, 0.29) is 12.5 Å². The van der Waals surface area contributed by atoms with Crippen molar-refractivity contribution in [1.29, 1.82) is 0 Å². The summed E-state index contributed by atoms with van der Waals surface area (Å²) in [6.07, 6.45) is 0. The van der Waals surface area contributed by atoms with Gasteiger partial charge in [-0.15, -0.1) is 0 Å². The molecule has 0 radical (unpaired) electrons. The predicted molar refractivity (Wildman–Crippen MR) is 131 cm³/mol. The van der Waals surface area contributed by atoms with E-state index < -0.39 is 0 Å². The molecule has 0 unspecified atom stereocenters. The minimum Gasteiger partial charge on any atom is -0.483 e. The molecule has 5 heteroatoms. The van der Waals surface area contributed by atoms with Gasteiger partial charge in [-0.1, -0.05) is 77.8 Å². The summed E-state index contributed by atoms with van der Waals surface area (Å²) in [6, 6.07) is 27.6. The lowest BCUT2D eigenvalue weighted by molar-refractivity contribution is -0.118. The van der Waals surface area contributed by atoms with Crippen molar-refractivity contribution in [1.82, 2.24) is 5.32 Å². The zero-order valence-electron chi connectivity index (χ0n) is 17.9. The fraction of sp³-hybridized carbons (Fsp3) is 0.148. The maximum absolute atomic E-state index is 12.4. The number of nitrogens with one attached hydrogen (secondary N) is 2. The highest BCUT2D eigenvalue weighted by atomic mass is 35.5. The van der Waals surface area contributed by atoms with Crippen LogP contribution in [0, 0.1) is 6.92 Å². The molecule has 4 aromatic carbocycles. The molecule has 0 saturated carbocycles. The Morgan fingerprint density at radius 3 is 2.44 bits per heavy atom. The minimum absolute atomic E-state index is 0.0657. The highest BCUT2D eigenvalue weighted by Gasteiger charge is 2.11. The van der Waals surface area contributed by atoms with Crippen LogP contribution in [-0.2, 0) is 17.9 Å². The summed E-state index contributed by atoms with van der Waals surface area (Å²) < 4.78 is 5.95. The zero-order valence-corrected chi connectivity index (χ0v) is 18.7. The zero-order chi connectivity index (χ0) is 22.3. The molecule has 2 N–H and O–H groups in total. The second kappa shape index (κ2) is 10.3. The Bertz CT molecular complexity index is 1220.